The van der Waals surface area contributed by atoms with Crippen molar-refractivity contribution in [2.24, 2.45) is 5.73 Å². The van der Waals surface area contributed by atoms with E-state index in [4.69, 9.17) is 18.0 Å². The lowest BCUT2D eigenvalue weighted by atomic mass is 10.1. The summed E-state index contributed by atoms with van der Waals surface area (Å²) in [5.74, 6) is 0. The molecular weight excluding hydrogens is 304 g/mol. The van der Waals surface area contributed by atoms with Crippen LogP contribution in [0.15, 0.2) is 29.2 Å². The van der Waals surface area contributed by atoms with Gasteiger partial charge in [-0.05, 0) is 18.9 Å². The van der Waals surface area contributed by atoms with Crippen molar-refractivity contribution in [2.45, 2.75) is 49.5 Å². The van der Waals surface area contributed by atoms with Crippen molar-refractivity contribution in [1.82, 2.24) is 4.31 Å². The van der Waals surface area contributed by atoms with Crippen molar-refractivity contribution in [3.8, 4) is 0 Å². The maximum atomic E-state index is 12.9. The first-order valence-corrected chi connectivity index (χ1v) is 9.16. The van der Waals surface area contributed by atoms with Crippen LogP contribution >= 0.6 is 12.2 Å². The molecule has 0 saturated heterocycles. The summed E-state index contributed by atoms with van der Waals surface area (Å²) in [5, 5.41) is 0. The summed E-state index contributed by atoms with van der Waals surface area (Å²) in [5.41, 5.74) is 6.09. The van der Waals surface area contributed by atoms with Crippen LogP contribution in [0.25, 0.3) is 0 Å². The standard InChI is InChI=1S/C15H22N2O2S2/c1-17(12-8-4-2-3-5-9-12)21(18,19)14-11-7-6-10-13(14)15(16)20/h6-7,10-12H,2-5,8-9H2,1H3,(H2,16,20). The third kappa shape index (κ3) is 3.62. The zero-order chi connectivity index (χ0) is 15.5. The summed E-state index contributed by atoms with van der Waals surface area (Å²) in [7, 11) is -1.90. The van der Waals surface area contributed by atoms with Gasteiger partial charge in [0.1, 0.15) is 4.99 Å². The minimum atomic E-state index is -3.56. The van der Waals surface area contributed by atoms with E-state index in [1.54, 1.807) is 31.3 Å². The van der Waals surface area contributed by atoms with Crippen LogP contribution in [0.1, 0.15) is 44.1 Å². The molecule has 1 aliphatic carbocycles. The number of nitrogens with zero attached hydrogens (tertiary/aromatic N) is 1. The summed E-state index contributed by atoms with van der Waals surface area (Å²) in [6, 6.07) is 6.76. The second-order valence-corrected chi connectivity index (χ2v) is 7.93. The predicted molar refractivity (Wildman–Crippen MR) is 88.8 cm³/mol. The van der Waals surface area contributed by atoms with E-state index in [1.807, 2.05) is 0 Å². The fourth-order valence-electron chi connectivity index (χ4n) is 2.87. The zero-order valence-electron chi connectivity index (χ0n) is 12.3. The van der Waals surface area contributed by atoms with Gasteiger partial charge in [-0.15, -0.1) is 0 Å². The molecule has 0 radical (unpaired) electrons. The lowest BCUT2D eigenvalue weighted by Gasteiger charge is -2.27. The van der Waals surface area contributed by atoms with Gasteiger partial charge >= 0.3 is 0 Å². The molecule has 6 heteroatoms. The van der Waals surface area contributed by atoms with Gasteiger partial charge in [-0.25, -0.2) is 8.42 Å². The Kier molecular flexibility index (Phi) is 5.35. The van der Waals surface area contributed by atoms with E-state index < -0.39 is 10.0 Å². The van der Waals surface area contributed by atoms with E-state index in [-0.39, 0.29) is 15.9 Å². The average molecular weight is 326 g/mol. The fraction of sp³-hybridized carbons (Fsp3) is 0.533. The second kappa shape index (κ2) is 6.85. The minimum Gasteiger partial charge on any atom is -0.389 e. The van der Waals surface area contributed by atoms with Crippen LogP contribution < -0.4 is 5.73 Å². The van der Waals surface area contributed by atoms with Crippen molar-refractivity contribution >= 4 is 27.2 Å². The molecule has 1 aromatic rings. The van der Waals surface area contributed by atoms with Crippen molar-refractivity contribution in [2.75, 3.05) is 7.05 Å². The summed E-state index contributed by atoms with van der Waals surface area (Å²) in [4.78, 5) is 0.327. The van der Waals surface area contributed by atoms with Gasteiger partial charge in [0.15, 0.2) is 0 Å². The highest BCUT2D eigenvalue weighted by Crippen LogP contribution is 2.27. The summed E-state index contributed by atoms with van der Waals surface area (Å²) < 4.78 is 27.3. The molecule has 21 heavy (non-hydrogen) atoms. The minimum absolute atomic E-state index is 0.0666. The molecule has 1 saturated carbocycles. The predicted octanol–water partition coefficient (Wildman–Crippen LogP) is 2.66. The quantitative estimate of drug-likeness (QED) is 0.682. The second-order valence-electron chi connectivity index (χ2n) is 5.53. The maximum Gasteiger partial charge on any atom is 0.243 e. The highest BCUT2D eigenvalue weighted by Gasteiger charge is 2.30. The third-order valence-corrected chi connectivity index (χ3v) is 6.34. The lowest BCUT2D eigenvalue weighted by molar-refractivity contribution is 0.335. The number of sulfonamides is 1. The largest absolute Gasteiger partial charge is 0.389 e. The zero-order valence-corrected chi connectivity index (χ0v) is 13.9. The number of nitrogens with two attached hydrogens (primary N) is 1. The van der Waals surface area contributed by atoms with E-state index in [0.29, 0.717) is 5.56 Å². The van der Waals surface area contributed by atoms with E-state index >= 15 is 0 Å². The molecular formula is C15H22N2O2S2. The highest BCUT2D eigenvalue weighted by molar-refractivity contribution is 7.89. The maximum absolute atomic E-state index is 12.9. The Morgan fingerprint density at radius 2 is 1.76 bits per heavy atom. The number of thiocarbonyl (C=S) groups is 1. The Hall–Kier alpha value is -0.980. The van der Waals surface area contributed by atoms with Crippen LogP contribution in [0.2, 0.25) is 0 Å². The Morgan fingerprint density at radius 3 is 2.33 bits per heavy atom. The topological polar surface area (TPSA) is 63.4 Å². The molecule has 1 aromatic carbocycles. The molecule has 1 aliphatic rings. The van der Waals surface area contributed by atoms with Crippen LogP contribution in [0.4, 0.5) is 0 Å². The molecule has 0 spiro atoms. The normalized spacial score (nSPS) is 17.6. The molecule has 0 unspecified atom stereocenters. The van der Waals surface area contributed by atoms with Gasteiger partial charge < -0.3 is 5.73 Å². The van der Waals surface area contributed by atoms with Crippen molar-refractivity contribution in [3.63, 3.8) is 0 Å². The SMILES string of the molecule is CN(C1CCCCCC1)S(=O)(=O)c1ccccc1C(N)=S. The highest BCUT2D eigenvalue weighted by atomic mass is 32.2. The first-order valence-electron chi connectivity index (χ1n) is 7.31. The van der Waals surface area contributed by atoms with E-state index in [0.717, 1.165) is 25.7 Å². The van der Waals surface area contributed by atoms with Crippen LogP contribution in [-0.4, -0.2) is 30.8 Å². The smallest absolute Gasteiger partial charge is 0.243 e. The molecule has 4 nitrogen and oxygen atoms in total. The molecule has 0 heterocycles. The third-order valence-electron chi connectivity index (χ3n) is 4.15. The van der Waals surface area contributed by atoms with E-state index in [2.05, 4.69) is 0 Å². The number of benzene rings is 1. The molecule has 0 atom stereocenters. The Labute approximate surface area is 132 Å². The molecule has 2 rings (SSSR count). The van der Waals surface area contributed by atoms with Gasteiger partial charge in [0, 0.05) is 18.7 Å². The molecule has 1 fully saturated rings. The summed E-state index contributed by atoms with van der Waals surface area (Å²) in [6.45, 7) is 0. The van der Waals surface area contributed by atoms with Gasteiger partial charge in [0.2, 0.25) is 10.0 Å². The van der Waals surface area contributed by atoms with Crippen LogP contribution in [0, 0.1) is 0 Å². The lowest BCUT2D eigenvalue weighted by Crippen LogP contribution is -2.37. The number of rotatable bonds is 4. The first kappa shape index (κ1) is 16.4. The van der Waals surface area contributed by atoms with Crippen LogP contribution in [0.5, 0.6) is 0 Å². The van der Waals surface area contributed by atoms with Gasteiger partial charge in [-0.1, -0.05) is 56.1 Å². The van der Waals surface area contributed by atoms with Gasteiger partial charge in [0.25, 0.3) is 0 Å². The van der Waals surface area contributed by atoms with Crippen LogP contribution in [0.3, 0.4) is 0 Å². The van der Waals surface area contributed by atoms with Crippen LogP contribution in [-0.2, 0) is 10.0 Å². The van der Waals surface area contributed by atoms with Crippen molar-refractivity contribution in [1.29, 1.82) is 0 Å². The first-order chi connectivity index (χ1) is 9.94. The summed E-state index contributed by atoms with van der Waals surface area (Å²) in [6.07, 6.45) is 6.39. The number of hydrogen-bond acceptors (Lipinski definition) is 3. The van der Waals surface area contributed by atoms with Gasteiger partial charge in [-0.3, -0.25) is 0 Å². The average Bonchev–Trinajstić information content (AvgIpc) is 2.75. The Bertz CT molecular complexity index is 606. The fourth-order valence-corrected chi connectivity index (χ4v) is 4.73. The molecule has 0 aromatic heterocycles. The van der Waals surface area contributed by atoms with Gasteiger partial charge in [0.05, 0.1) is 4.90 Å². The number of hydrogen-bond donors (Lipinski definition) is 1. The Morgan fingerprint density at radius 1 is 1.19 bits per heavy atom. The van der Waals surface area contributed by atoms with Gasteiger partial charge in [-0.2, -0.15) is 4.31 Å². The van der Waals surface area contributed by atoms with E-state index in [1.165, 1.54) is 17.1 Å². The van der Waals surface area contributed by atoms with E-state index in [9.17, 15) is 8.42 Å². The summed E-state index contributed by atoms with van der Waals surface area (Å²) >= 11 is 4.98. The molecule has 0 bridgehead atoms. The molecule has 0 aliphatic heterocycles. The monoisotopic (exact) mass is 326 g/mol. The van der Waals surface area contributed by atoms with Crippen molar-refractivity contribution < 1.29 is 8.42 Å². The molecule has 116 valence electrons. The molecule has 2 N–H and O–H groups in total. The van der Waals surface area contributed by atoms with Crippen molar-refractivity contribution in [3.05, 3.63) is 29.8 Å². The Balaban J connectivity index is 2.35. The molecule has 0 amide bonds.